The van der Waals surface area contributed by atoms with E-state index in [2.05, 4.69) is 32.6 Å². The first-order valence-corrected chi connectivity index (χ1v) is 3.50. The number of hydrogen-bond donors (Lipinski definition) is 1. The van der Waals surface area contributed by atoms with Crippen LogP contribution in [0.3, 0.4) is 0 Å². The molecule has 0 aromatic heterocycles. The van der Waals surface area contributed by atoms with Gasteiger partial charge in [0, 0.05) is 6.21 Å². The van der Waals surface area contributed by atoms with Crippen molar-refractivity contribution in [2.45, 2.75) is 10.1 Å². The smallest absolute Gasteiger partial charge is 0.116 e. The molecule has 4 heteroatoms. The highest BCUT2D eigenvalue weighted by Crippen LogP contribution is 2.04. The minimum atomic E-state index is -0.0897. The van der Waals surface area contributed by atoms with Gasteiger partial charge in [-0.25, -0.2) is 4.99 Å². The molecule has 0 aromatic carbocycles. The van der Waals surface area contributed by atoms with Crippen molar-refractivity contribution in [2.75, 3.05) is 0 Å². The first-order chi connectivity index (χ1) is 3.80. The zero-order valence-electron chi connectivity index (χ0n) is 4.16. The summed E-state index contributed by atoms with van der Waals surface area (Å²) in [5, 5.41) is 0. The first kappa shape index (κ1) is 6.15. The van der Waals surface area contributed by atoms with E-state index in [4.69, 9.17) is 5.73 Å². The first-order valence-electron chi connectivity index (χ1n) is 2.25. The predicted molar refractivity (Wildman–Crippen MR) is 42.8 cm³/mol. The standard InChI is InChI=1S/C4H6IN3/c5-3-1-7-2-8-4(3)6/h1-4H,6H2. The Bertz CT molecular complexity index is 115. The maximum absolute atomic E-state index is 5.48. The van der Waals surface area contributed by atoms with Crippen LogP contribution in [0.4, 0.5) is 0 Å². The maximum Gasteiger partial charge on any atom is 0.116 e. The molecule has 2 atom stereocenters. The second kappa shape index (κ2) is 2.54. The van der Waals surface area contributed by atoms with E-state index >= 15 is 0 Å². The average Bonchev–Trinajstić information content (AvgIpc) is 1.77. The van der Waals surface area contributed by atoms with E-state index in [9.17, 15) is 0 Å². The summed E-state index contributed by atoms with van der Waals surface area (Å²) in [7, 11) is 0. The molecule has 0 saturated carbocycles. The topological polar surface area (TPSA) is 50.7 Å². The second-order valence-electron chi connectivity index (χ2n) is 1.50. The molecule has 0 fully saturated rings. The number of aliphatic imine (C=N–C) groups is 2. The molecule has 1 heterocycles. The number of hydrogen-bond acceptors (Lipinski definition) is 3. The summed E-state index contributed by atoms with van der Waals surface area (Å²) in [6.45, 7) is 0. The van der Waals surface area contributed by atoms with E-state index in [-0.39, 0.29) is 10.1 Å². The molecule has 3 nitrogen and oxygen atoms in total. The van der Waals surface area contributed by atoms with Gasteiger partial charge in [0.1, 0.15) is 12.5 Å². The zero-order valence-corrected chi connectivity index (χ0v) is 6.32. The average molecular weight is 223 g/mol. The van der Waals surface area contributed by atoms with Crippen molar-refractivity contribution in [2.24, 2.45) is 15.7 Å². The maximum atomic E-state index is 5.48. The summed E-state index contributed by atoms with van der Waals surface area (Å²) in [6.07, 6.45) is 3.19. The largest absolute Gasteiger partial charge is 0.309 e. The number of nitrogens with zero attached hydrogens (tertiary/aromatic N) is 2. The zero-order chi connectivity index (χ0) is 5.98. The molecule has 1 aliphatic rings. The molecule has 0 saturated heterocycles. The van der Waals surface area contributed by atoms with Crippen LogP contribution in [0.15, 0.2) is 9.98 Å². The Labute approximate surface area is 61.2 Å². The Hall–Kier alpha value is 0.0300. The van der Waals surface area contributed by atoms with Crippen molar-refractivity contribution in [3.05, 3.63) is 0 Å². The van der Waals surface area contributed by atoms with E-state index in [0.29, 0.717) is 0 Å². The highest BCUT2D eigenvalue weighted by atomic mass is 127. The van der Waals surface area contributed by atoms with Crippen molar-refractivity contribution in [3.63, 3.8) is 0 Å². The van der Waals surface area contributed by atoms with Crippen LogP contribution < -0.4 is 5.73 Å². The lowest BCUT2D eigenvalue weighted by molar-refractivity contribution is 0.771. The van der Waals surface area contributed by atoms with Crippen LogP contribution in [0.5, 0.6) is 0 Å². The number of nitrogens with two attached hydrogens (primary N) is 1. The van der Waals surface area contributed by atoms with Gasteiger partial charge in [0.05, 0.1) is 3.92 Å². The minimum absolute atomic E-state index is 0.0897. The lowest BCUT2D eigenvalue weighted by Gasteiger charge is -2.10. The molecule has 8 heavy (non-hydrogen) atoms. The Kier molecular flexibility index (Phi) is 1.95. The molecule has 0 aliphatic carbocycles. The molecule has 44 valence electrons. The quantitative estimate of drug-likeness (QED) is 0.462. The van der Waals surface area contributed by atoms with Crippen LogP contribution >= 0.6 is 22.6 Å². The van der Waals surface area contributed by atoms with Crippen LogP contribution in [-0.4, -0.2) is 22.6 Å². The van der Waals surface area contributed by atoms with Crippen molar-refractivity contribution in [3.8, 4) is 0 Å². The number of alkyl halides is 1. The van der Waals surface area contributed by atoms with Gasteiger partial charge in [-0.1, -0.05) is 22.6 Å². The number of halogens is 1. The van der Waals surface area contributed by atoms with Crippen molar-refractivity contribution >= 4 is 35.1 Å². The van der Waals surface area contributed by atoms with Gasteiger partial charge in [0.15, 0.2) is 0 Å². The highest BCUT2D eigenvalue weighted by molar-refractivity contribution is 14.1. The van der Waals surface area contributed by atoms with E-state index in [1.165, 1.54) is 6.34 Å². The molecule has 2 unspecified atom stereocenters. The summed E-state index contributed by atoms with van der Waals surface area (Å²) < 4.78 is 0.262. The minimum Gasteiger partial charge on any atom is -0.309 e. The Morgan fingerprint density at radius 1 is 1.62 bits per heavy atom. The molecule has 0 radical (unpaired) electrons. The second-order valence-corrected chi connectivity index (χ2v) is 2.94. The fraction of sp³-hybridized carbons (Fsp3) is 0.500. The van der Waals surface area contributed by atoms with Crippen molar-refractivity contribution < 1.29 is 0 Å². The summed E-state index contributed by atoms with van der Waals surface area (Å²) in [6, 6.07) is 0. The van der Waals surface area contributed by atoms with Gasteiger partial charge in [0.25, 0.3) is 0 Å². The molecular weight excluding hydrogens is 217 g/mol. The van der Waals surface area contributed by atoms with Crippen LogP contribution in [0, 0.1) is 0 Å². The van der Waals surface area contributed by atoms with E-state index < -0.39 is 0 Å². The molecule has 0 bridgehead atoms. The summed E-state index contributed by atoms with van der Waals surface area (Å²) in [5.74, 6) is 0. The summed E-state index contributed by atoms with van der Waals surface area (Å²) in [5.41, 5.74) is 5.48. The van der Waals surface area contributed by atoms with E-state index in [0.717, 1.165) is 0 Å². The van der Waals surface area contributed by atoms with E-state index in [1.807, 2.05) is 0 Å². The van der Waals surface area contributed by atoms with Crippen LogP contribution in [0.25, 0.3) is 0 Å². The van der Waals surface area contributed by atoms with Gasteiger partial charge in [0.2, 0.25) is 0 Å². The van der Waals surface area contributed by atoms with Crippen LogP contribution in [-0.2, 0) is 0 Å². The molecule has 0 spiro atoms. The van der Waals surface area contributed by atoms with Gasteiger partial charge < -0.3 is 5.73 Å². The van der Waals surface area contributed by atoms with Crippen molar-refractivity contribution in [1.82, 2.24) is 0 Å². The molecule has 2 N–H and O–H groups in total. The SMILES string of the molecule is NC1N=CN=CC1I. The lowest BCUT2D eigenvalue weighted by Crippen LogP contribution is -2.31. The highest BCUT2D eigenvalue weighted by Gasteiger charge is 2.10. The predicted octanol–water partition coefficient (Wildman–Crippen LogP) is 0.188. The van der Waals surface area contributed by atoms with Gasteiger partial charge in [-0.2, -0.15) is 0 Å². The van der Waals surface area contributed by atoms with Gasteiger partial charge >= 0.3 is 0 Å². The fourth-order valence-electron chi connectivity index (χ4n) is 0.407. The van der Waals surface area contributed by atoms with Gasteiger partial charge in [-0.05, 0) is 0 Å². The molecule has 0 aromatic rings. The van der Waals surface area contributed by atoms with Crippen LogP contribution in [0.2, 0.25) is 0 Å². The summed E-state index contributed by atoms with van der Waals surface area (Å²) >= 11 is 2.19. The van der Waals surface area contributed by atoms with Crippen molar-refractivity contribution in [1.29, 1.82) is 0 Å². The Morgan fingerprint density at radius 3 is 2.75 bits per heavy atom. The molecule has 1 aliphatic heterocycles. The number of rotatable bonds is 0. The fourth-order valence-corrected chi connectivity index (χ4v) is 0.778. The Morgan fingerprint density at radius 2 is 2.38 bits per heavy atom. The third kappa shape index (κ3) is 1.25. The monoisotopic (exact) mass is 223 g/mol. The molecule has 1 rings (SSSR count). The lowest BCUT2D eigenvalue weighted by atomic mass is 10.4. The van der Waals surface area contributed by atoms with E-state index in [1.54, 1.807) is 6.21 Å². The third-order valence-corrected chi connectivity index (χ3v) is 1.92. The van der Waals surface area contributed by atoms with Gasteiger partial charge in [-0.3, -0.25) is 4.99 Å². The summed E-state index contributed by atoms with van der Waals surface area (Å²) in [4.78, 5) is 7.66. The van der Waals surface area contributed by atoms with Gasteiger partial charge in [-0.15, -0.1) is 0 Å². The Balaban J connectivity index is 2.59. The van der Waals surface area contributed by atoms with Crippen LogP contribution in [0.1, 0.15) is 0 Å². The molecular formula is C4H6IN3. The molecule has 0 amide bonds. The normalized spacial score (nSPS) is 35.8. The third-order valence-electron chi connectivity index (χ3n) is 0.860.